The molecule has 2 unspecified atom stereocenters. The fourth-order valence-electron chi connectivity index (χ4n) is 1.79. The van der Waals surface area contributed by atoms with E-state index in [1.165, 1.54) is 0 Å². The summed E-state index contributed by atoms with van der Waals surface area (Å²) in [6.45, 7) is 3.29. The van der Waals surface area contributed by atoms with Crippen LogP contribution in [0.4, 0.5) is 0 Å². The Morgan fingerprint density at radius 3 is 2.22 bits per heavy atom. The summed E-state index contributed by atoms with van der Waals surface area (Å²) in [6.07, 6.45) is -0.282. The normalized spacial score (nSPS) is 15.3. The van der Waals surface area contributed by atoms with Gasteiger partial charge in [0.05, 0.1) is 23.4 Å². The number of benzene rings is 1. The summed E-state index contributed by atoms with van der Waals surface area (Å²) in [6, 6.07) is 6.71. The molecule has 1 aromatic carbocycles. The van der Waals surface area contributed by atoms with E-state index in [1.54, 1.807) is 31.2 Å². The van der Waals surface area contributed by atoms with Crippen molar-refractivity contribution in [2.45, 2.75) is 37.2 Å². The van der Waals surface area contributed by atoms with E-state index in [0.717, 1.165) is 5.56 Å². The van der Waals surface area contributed by atoms with Crippen LogP contribution in [0.5, 0.6) is 0 Å². The first-order valence-corrected chi connectivity index (χ1v) is 7.67. The fourth-order valence-corrected chi connectivity index (χ4v) is 2.67. The van der Waals surface area contributed by atoms with Crippen LogP contribution in [0, 0.1) is 0 Å². The Morgan fingerprint density at radius 1 is 1.22 bits per heavy atom. The molecule has 0 aliphatic carbocycles. The molecular weight excluding hydrogens is 252 g/mol. The molecule has 1 rings (SSSR count). The molecule has 0 fully saturated rings. The van der Waals surface area contributed by atoms with Crippen LogP contribution in [-0.4, -0.2) is 37.1 Å². The molecule has 0 aliphatic rings. The Hall–Kier alpha value is -0.910. The zero-order valence-electron chi connectivity index (χ0n) is 10.7. The SMILES string of the molecule is CCS(=O)(=O)c1ccc(C(C)CC(O)CO)cc1. The minimum Gasteiger partial charge on any atom is -0.394 e. The zero-order chi connectivity index (χ0) is 13.8. The van der Waals surface area contributed by atoms with Crippen molar-refractivity contribution in [3.63, 3.8) is 0 Å². The predicted molar refractivity (Wildman–Crippen MR) is 70.3 cm³/mol. The Kier molecular flexibility index (Phi) is 5.31. The van der Waals surface area contributed by atoms with Crippen molar-refractivity contribution in [2.24, 2.45) is 0 Å². The second kappa shape index (κ2) is 6.31. The average Bonchev–Trinajstić information content (AvgIpc) is 2.38. The van der Waals surface area contributed by atoms with Crippen molar-refractivity contribution in [1.29, 1.82) is 0 Å². The molecule has 4 nitrogen and oxygen atoms in total. The molecule has 0 bridgehead atoms. The van der Waals surface area contributed by atoms with Gasteiger partial charge in [-0.25, -0.2) is 8.42 Å². The number of rotatable bonds is 6. The van der Waals surface area contributed by atoms with E-state index in [-0.39, 0.29) is 18.3 Å². The van der Waals surface area contributed by atoms with Crippen molar-refractivity contribution in [3.8, 4) is 0 Å². The molecule has 0 radical (unpaired) electrons. The van der Waals surface area contributed by atoms with Crippen LogP contribution in [0.25, 0.3) is 0 Å². The van der Waals surface area contributed by atoms with Gasteiger partial charge in [0.25, 0.3) is 0 Å². The number of hydrogen-bond donors (Lipinski definition) is 2. The standard InChI is InChI=1S/C13H20O4S/c1-3-18(16,17)13-6-4-11(5-7-13)10(2)8-12(15)9-14/h4-7,10,12,14-15H,3,8-9H2,1-2H3. The molecule has 5 heteroatoms. The highest BCUT2D eigenvalue weighted by molar-refractivity contribution is 7.91. The van der Waals surface area contributed by atoms with Crippen LogP contribution in [0.3, 0.4) is 0 Å². The Morgan fingerprint density at radius 2 is 1.78 bits per heavy atom. The number of sulfone groups is 1. The lowest BCUT2D eigenvalue weighted by Gasteiger charge is -2.15. The van der Waals surface area contributed by atoms with Gasteiger partial charge in [0, 0.05) is 0 Å². The molecule has 18 heavy (non-hydrogen) atoms. The summed E-state index contributed by atoms with van der Waals surface area (Å²) in [4.78, 5) is 0.323. The van der Waals surface area contributed by atoms with Crippen molar-refractivity contribution in [2.75, 3.05) is 12.4 Å². The maximum Gasteiger partial charge on any atom is 0.178 e. The number of hydrogen-bond acceptors (Lipinski definition) is 4. The maximum absolute atomic E-state index is 11.6. The minimum atomic E-state index is -3.16. The van der Waals surface area contributed by atoms with Gasteiger partial charge < -0.3 is 10.2 Å². The van der Waals surface area contributed by atoms with E-state index < -0.39 is 15.9 Å². The van der Waals surface area contributed by atoms with Gasteiger partial charge in [-0.05, 0) is 30.0 Å². The lowest BCUT2D eigenvalue weighted by atomic mass is 9.95. The van der Waals surface area contributed by atoms with E-state index >= 15 is 0 Å². The Bertz CT molecular complexity index is 464. The summed E-state index contributed by atoms with van der Waals surface area (Å²) in [5.74, 6) is 0.163. The molecule has 0 aliphatic heterocycles. The third-order valence-corrected chi connectivity index (χ3v) is 4.78. The molecule has 0 saturated heterocycles. The third kappa shape index (κ3) is 3.80. The molecule has 0 saturated carbocycles. The summed E-state index contributed by atoms with van der Waals surface area (Å²) < 4.78 is 23.3. The van der Waals surface area contributed by atoms with Gasteiger partial charge in [-0.3, -0.25) is 0 Å². The molecular formula is C13H20O4S. The second-order valence-electron chi connectivity index (χ2n) is 4.45. The first-order valence-electron chi connectivity index (χ1n) is 6.02. The summed E-state index contributed by atoms with van der Waals surface area (Å²) in [5, 5.41) is 18.1. The third-order valence-electron chi connectivity index (χ3n) is 3.02. The highest BCUT2D eigenvalue weighted by Gasteiger charge is 2.14. The van der Waals surface area contributed by atoms with Crippen molar-refractivity contribution >= 4 is 9.84 Å². The van der Waals surface area contributed by atoms with Gasteiger partial charge in [0.1, 0.15) is 0 Å². The predicted octanol–water partition coefficient (Wildman–Crippen LogP) is 1.33. The topological polar surface area (TPSA) is 74.6 Å². The fraction of sp³-hybridized carbons (Fsp3) is 0.538. The molecule has 102 valence electrons. The minimum absolute atomic E-state index is 0.0746. The first kappa shape index (κ1) is 15.1. The largest absolute Gasteiger partial charge is 0.394 e. The summed E-state index contributed by atoms with van der Waals surface area (Å²) in [5.41, 5.74) is 0.956. The van der Waals surface area contributed by atoms with E-state index in [0.29, 0.717) is 11.3 Å². The molecule has 0 aromatic heterocycles. The van der Waals surface area contributed by atoms with Gasteiger partial charge in [-0.15, -0.1) is 0 Å². The molecule has 1 aromatic rings. The van der Waals surface area contributed by atoms with Crippen molar-refractivity contribution in [1.82, 2.24) is 0 Å². The van der Waals surface area contributed by atoms with Gasteiger partial charge in [-0.2, -0.15) is 0 Å². The van der Waals surface area contributed by atoms with E-state index in [1.807, 2.05) is 6.92 Å². The lowest BCUT2D eigenvalue weighted by Crippen LogP contribution is -2.15. The van der Waals surface area contributed by atoms with Gasteiger partial charge in [0.15, 0.2) is 9.84 Å². The quantitative estimate of drug-likeness (QED) is 0.819. The van der Waals surface area contributed by atoms with Crippen molar-refractivity contribution < 1.29 is 18.6 Å². The highest BCUT2D eigenvalue weighted by Crippen LogP contribution is 2.22. The zero-order valence-corrected chi connectivity index (χ0v) is 11.5. The van der Waals surface area contributed by atoms with Crippen LogP contribution in [-0.2, 0) is 9.84 Å². The number of aliphatic hydroxyl groups is 2. The highest BCUT2D eigenvalue weighted by atomic mass is 32.2. The average molecular weight is 272 g/mol. The van der Waals surface area contributed by atoms with Crippen molar-refractivity contribution in [3.05, 3.63) is 29.8 Å². The number of aliphatic hydroxyl groups excluding tert-OH is 2. The molecule has 0 spiro atoms. The second-order valence-corrected chi connectivity index (χ2v) is 6.72. The van der Waals surface area contributed by atoms with Crippen LogP contribution >= 0.6 is 0 Å². The van der Waals surface area contributed by atoms with Crippen LogP contribution in [0.1, 0.15) is 31.7 Å². The van der Waals surface area contributed by atoms with Gasteiger partial charge in [-0.1, -0.05) is 26.0 Å². The van der Waals surface area contributed by atoms with Crippen LogP contribution in [0.2, 0.25) is 0 Å². The molecule has 0 amide bonds. The Labute approximate surface area is 108 Å². The maximum atomic E-state index is 11.6. The van der Waals surface area contributed by atoms with Gasteiger partial charge >= 0.3 is 0 Å². The lowest BCUT2D eigenvalue weighted by molar-refractivity contribution is 0.0835. The smallest absolute Gasteiger partial charge is 0.178 e. The van der Waals surface area contributed by atoms with Crippen LogP contribution < -0.4 is 0 Å². The Balaban J connectivity index is 2.83. The summed E-state index contributed by atoms with van der Waals surface area (Å²) >= 11 is 0. The van der Waals surface area contributed by atoms with E-state index in [4.69, 9.17) is 5.11 Å². The summed E-state index contributed by atoms with van der Waals surface area (Å²) in [7, 11) is -3.16. The van der Waals surface area contributed by atoms with E-state index in [9.17, 15) is 13.5 Å². The molecule has 2 N–H and O–H groups in total. The van der Waals surface area contributed by atoms with Crippen LogP contribution in [0.15, 0.2) is 29.2 Å². The molecule has 0 heterocycles. The monoisotopic (exact) mass is 272 g/mol. The van der Waals surface area contributed by atoms with Gasteiger partial charge in [0.2, 0.25) is 0 Å². The first-order chi connectivity index (χ1) is 8.40. The van der Waals surface area contributed by atoms with E-state index in [2.05, 4.69) is 0 Å². The molecule has 2 atom stereocenters.